The van der Waals surface area contributed by atoms with Crippen LogP contribution in [0.1, 0.15) is 20.7 Å². The van der Waals surface area contributed by atoms with Gasteiger partial charge in [0.15, 0.2) is 15.3 Å². The SMILES string of the molecule is O=C(O)c1cccc([S+](=O)([O-])N2CC(CNC(=O)c3ccccc3)C3(CN(c4ccccc4)C3)C2)c1. The number of anilines is 1. The molecule has 2 aliphatic heterocycles. The Hall–Kier alpha value is -3.53. The van der Waals surface area contributed by atoms with Crippen LogP contribution in [0.15, 0.2) is 89.8 Å². The standard InChI is InChI=1S/C27H27N3O5S/c31-25(20-8-3-1-4-9-20)28-15-22-16-30(36(34,35)24-13-7-10-21(14-24)26(32)33)19-27(22)17-29(18-27)23-11-5-2-6-12-23/h1-14,22H,15-19H2,(H2-,28,31,32,33,34,35). The van der Waals surface area contributed by atoms with Gasteiger partial charge in [0.05, 0.1) is 12.1 Å². The smallest absolute Gasteiger partial charge is 0.335 e. The van der Waals surface area contributed by atoms with E-state index in [0.29, 0.717) is 31.7 Å². The molecule has 0 saturated carbocycles. The number of carbonyl (C=O) groups is 2. The van der Waals surface area contributed by atoms with E-state index in [-0.39, 0.29) is 34.2 Å². The van der Waals surface area contributed by atoms with Crippen molar-refractivity contribution in [1.29, 1.82) is 0 Å². The number of sulfonamides is 1. The molecule has 2 N–H and O–H groups in total. The highest BCUT2D eigenvalue weighted by Gasteiger charge is 2.58. The minimum Gasteiger partial charge on any atom is -0.593 e. The van der Waals surface area contributed by atoms with E-state index in [1.807, 2.05) is 36.4 Å². The quantitative estimate of drug-likeness (QED) is 0.477. The topological polar surface area (TPSA) is 113 Å². The molecule has 1 spiro atoms. The minimum absolute atomic E-state index is 0.0363. The molecular formula is C27H27N3O5S. The number of hydrogen-bond donors (Lipinski definition) is 2. The van der Waals surface area contributed by atoms with E-state index in [1.165, 1.54) is 28.6 Å². The van der Waals surface area contributed by atoms with Crippen molar-refractivity contribution in [3.05, 3.63) is 96.1 Å². The van der Waals surface area contributed by atoms with Crippen LogP contribution in [0, 0.1) is 11.3 Å². The Morgan fingerprint density at radius 1 is 0.944 bits per heavy atom. The van der Waals surface area contributed by atoms with Crippen LogP contribution in [0.5, 0.6) is 0 Å². The first-order valence-corrected chi connectivity index (χ1v) is 13.2. The number of carbonyl (C=O) groups excluding carboxylic acids is 1. The fraction of sp³-hybridized carbons (Fsp3) is 0.259. The van der Waals surface area contributed by atoms with E-state index in [4.69, 9.17) is 0 Å². The van der Waals surface area contributed by atoms with Crippen molar-refractivity contribution in [3.63, 3.8) is 0 Å². The molecule has 2 heterocycles. The van der Waals surface area contributed by atoms with Crippen molar-refractivity contribution in [3.8, 4) is 0 Å². The number of nitrogens with one attached hydrogen (secondary N) is 1. The molecule has 2 saturated heterocycles. The molecule has 8 nitrogen and oxygen atoms in total. The van der Waals surface area contributed by atoms with Gasteiger partial charge in [-0.2, -0.15) is 0 Å². The van der Waals surface area contributed by atoms with Gasteiger partial charge >= 0.3 is 5.97 Å². The predicted molar refractivity (Wildman–Crippen MR) is 135 cm³/mol. The van der Waals surface area contributed by atoms with Gasteiger partial charge < -0.3 is 19.9 Å². The zero-order valence-electron chi connectivity index (χ0n) is 19.6. The number of aromatic carboxylic acids is 1. The van der Waals surface area contributed by atoms with Crippen LogP contribution in [0.2, 0.25) is 0 Å². The lowest BCUT2D eigenvalue weighted by molar-refractivity contribution is 0.0696. The normalized spacial score (nSPS) is 20.5. The summed E-state index contributed by atoms with van der Waals surface area (Å²) in [7, 11) is -3.91. The third kappa shape index (κ3) is 4.53. The van der Waals surface area contributed by atoms with E-state index >= 15 is 0 Å². The van der Waals surface area contributed by atoms with Crippen LogP contribution in [-0.2, 0) is 14.6 Å². The molecule has 2 unspecified atom stereocenters. The summed E-state index contributed by atoms with van der Waals surface area (Å²) in [5.41, 5.74) is 1.23. The molecular weight excluding hydrogens is 478 g/mol. The molecule has 5 rings (SSSR count). The lowest BCUT2D eigenvalue weighted by Gasteiger charge is -2.52. The van der Waals surface area contributed by atoms with Gasteiger partial charge in [-0.1, -0.05) is 46.7 Å². The highest BCUT2D eigenvalue weighted by atomic mass is 32.3. The van der Waals surface area contributed by atoms with Crippen molar-refractivity contribution in [1.82, 2.24) is 9.62 Å². The maximum atomic E-state index is 13.5. The van der Waals surface area contributed by atoms with Crippen molar-refractivity contribution in [2.75, 3.05) is 37.6 Å². The first kappa shape index (κ1) is 24.2. The molecule has 2 atom stereocenters. The predicted octanol–water partition coefficient (Wildman–Crippen LogP) is 3.16. The van der Waals surface area contributed by atoms with E-state index in [0.717, 1.165) is 5.69 Å². The number of carboxylic acid groups (broad SMARTS) is 1. The molecule has 3 aromatic carbocycles. The summed E-state index contributed by atoms with van der Waals surface area (Å²) >= 11 is 0. The fourth-order valence-electron chi connectivity index (χ4n) is 5.19. The Morgan fingerprint density at radius 2 is 1.58 bits per heavy atom. The maximum absolute atomic E-state index is 13.5. The number of nitrogens with zero attached hydrogens (tertiary/aromatic N) is 2. The van der Waals surface area contributed by atoms with Gasteiger partial charge in [-0.3, -0.25) is 4.79 Å². The molecule has 0 bridgehead atoms. The van der Waals surface area contributed by atoms with Crippen LogP contribution in [0.3, 0.4) is 0 Å². The summed E-state index contributed by atoms with van der Waals surface area (Å²) in [6.45, 7) is 2.24. The molecule has 1 amide bonds. The van der Waals surface area contributed by atoms with Crippen LogP contribution in [-0.4, -0.2) is 58.6 Å². The second kappa shape index (κ2) is 9.50. The molecule has 0 aromatic heterocycles. The Morgan fingerprint density at radius 3 is 2.25 bits per heavy atom. The van der Waals surface area contributed by atoms with E-state index in [1.54, 1.807) is 24.3 Å². The number of carboxylic acids is 1. The van der Waals surface area contributed by atoms with Crippen LogP contribution >= 0.6 is 0 Å². The molecule has 3 aromatic rings. The third-order valence-corrected chi connectivity index (χ3v) is 8.99. The molecule has 9 heteroatoms. The fourth-order valence-corrected chi connectivity index (χ4v) is 6.82. The molecule has 0 aliphatic carbocycles. The first-order valence-electron chi connectivity index (χ1n) is 11.8. The van der Waals surface area contributed by atoms with Gasteiger partial charge in [-0.05, 0) is 36.4 Å². The van der Waals surface area contributed by atoms with Crippen LogP contribution < -0.4 is 10.2 Å². The summed E-state index contributed by atoms with van der Waals surface area (Å²) in [4.78, 5) is 26.3. The first-order chi connectivity index (χ1) is 17.3. The summed E-state index contributed by atoms with van der Waals surface area (Å²) in [5.74, 6) is -1.47. The summed E-state index contributed by atoms with van der Waals surface area (Å²) in [6, 6.07) is 24.3. The number of para-hydroxylation sites is 1. The van der Waals surface area contributed by atoms with E-state index in [2.05, 4.69) is 10.2 Å². The lowest BCUT2D eigenvalue weighted by Crippen LogP contribution is -2.62. The van der Waals surface area contributed by atoms with E-state index in [9.17, 15) is 23.5 Å². The number of rotatable bonds is 7. The van der Waals surface area contributed by atoms with Gasteiger partial charge in [0, 0.05) is 54.8 Å². The van der Waals surface area contributed by atoms with Crippen LogP contribution in [0.4, 0.5) is 5.69 Å². The highest BCUT2D eigenvalue weighted by molar-refractivity contribution is 7.95. The van der Waals surface area contributed by atoms with Gasteiger partial charge in [0.2, 0.25) is 0 Å². The molecule has 0 radical (unpaired) electrons. The summed E-state index contributed by atoms with van der Waals surface area (Å²) in [6.07, 6.45) is 0. The van der Waals surface area contributed by atoms with Crippen molar-refractivity contribution in [2.24, 2.45) is 11.3 Å². The lowest BCUT2D eigenvalue weighted by atomic mass is 9.71. The zero-order chi connectivity index (χ0) is 25.3. The van der Waals surface area contributed by atoms with Gasteiger partial charge in [0.1, 0.15) is 0 Å². The van der Waals surface area contributed by atoms with Gasteiger partial charge in [-0.25, -0.2) is 4.79 Å². The Balaban J connectivity index is 1.37. The zero-order valence-corrected chi connectivity index (χ0v) is 20.4. The van der Waals surface area contributed by atoms with Crippen LogP contribution in [0.25, 0.3) is 0 Å². The highest BCUT2D eigenvalue weighted by Crippen LogP contribution is 2.47. The Bertz CT molecular complexity index is 1310. The summed E-state index contributed by atoms with van der Waals surface area (Å²) < 4.78 is 28.5. The van der Waals surface area contributed by atoms with Gasteiger partial charge in [-0.15, -0.1) is 4.31 Å². The average molecular weight is 506 g/mol. The van der Waals surface area contributed by atoms with Gasteiger partial charge in [0.25, 0.3) is 5.91 Å². The molecule has 2 fully saturated rings. The molecule has 36 heavy (non-hydrogen) atoms. The molecule has 186 valence electrons. The largest absolute Gasteiger partial charge is 0.593 e. The maximum Gasteiger partial charge on any atom is 0.335 e. The third-order valence-electron chi connectivity index (χ3n) is 7.18. The van der Waals surface area contributed by atoms with Crippen molar-refractivity contribution < 1.29 is 23.5 Å². The number of benzene rings is 3. The Labute approximate surface area is 210 Å². The monoisotopic (exact) mass is 505 g/mol. The second-order valence-corrected chi connectivity index (χ2v) is 11.4. The second-order valence-electron chi connectivity index (χ2n) is 9.46. The average Bonchev–Trinajstić information content (AvgIpc) is 3.28. The van der Waals surface area contributed by atoms with Crippen molar-refractivity contribution >= 4 is 28.0 Å². The summed E-state index contributed by atoms with van der Waals surface area (Å²) in [5, 5.41) is 12.3. The van der Waals surface area contributed by atoms with Crippen molar-refractivity contribution in [2.45, 2.75) is 4.90 Å². The minimum atomic E-state index is -3.91. The van der Waals surface area contributed by atoms with E-state index < -0.39 is 16.4 Å². The number of amides is 1. The Kier molecular flexibility index (Phi) is 6.38. The molecule has 2 aliphatic rings. The number of hydrogen-bond acceptors (Lipinski definition) is 5.